The molecule has 84 valence electrons. The molecule has 0 aliphatic heterocycles. The van der Waals surface area contributed by atoms with Gasteiger partial charge in [0.05, 0.1) is 5.69 Å². The second-order valence-corrected chi connectivity index (χ2v) is 4.84. The smallest absolute Gasteiger partial charge is 0.182 e. The monoisotopic (exact) mass is 233 g/mol. The molecular weight excluding hydrogens is 218 g/mol. The van der Waals surface area contributed by atoms with Crippen LogP contribution in [-0.2, 0) is 12.8 Å². The molecule has 3 nitrogen and oxygen atoms in total. The molecule has 0 fully saturated rings. The lowest BCUT2D eigenvalue weighted by atomic mass is 10.1. The highest BCUT2D eigenvalue weighted by atomic mass is 32.1. The Morgan fingerprint density at radius 2 is 2.25 bits per heavy atom. The molecule has 0 aliphatic carbocycles. The molecule has 0 bridgehead atoms. The normalized spacial score (nSPS) is 10.4. The van der Waals surface area contributed by atoms with Crippen molar-refractivity contribution in [2.24, 2.45) is 0 Å². The average molecular weight is 233 g/mol. The minimum Gasteiger partial charge on any atom is -0.365 e. The van der Waals surface area contributed by atoms with Crippen LogP contribution in [0.2, 0.25) is 0 Å². The maximum atomic E-state index is 4.53. The van der Waals surface area contributed by atoms with Gasteiger partial charge in [0.1, 0.15) is 0 Å². The Morgan fingerprint density at radius 3 is 2.88 bits per heavy atom. The third-order valence-corrected chi connectivity index (χ3v) is 3.51. The Bertz CT molecular complexity index is 451. The molecule has 2 heterocycles. The molecule has 2 rings (SSSR count). The lowest BCUT2D eigenvalue weighted by Gasteiger charge is -1.99. The van der Waals surface area contributed by atoms with Gasteiger partial charge >= 0.3 is 0 Å². The van der Waals surface area contributed by atoms with Crippen molar-refractivity contribution in [2.75, 3.05) is 12.4 Å². The van der Waals surface area contributed by atoms with Crippen LogP contribution in [0.25, 0.3) is 0 Å². The molecular formula is C12H15N3S. The first-order valence-corrected chi connectivity index (χ1v) is 6.14. The van der Waals surface area contributed by atoms with E-state index in [1.54, 1.807) is 17.5 Å². The Hall–Kier alpha value is -1.42. The van der Waals surface area contributed by atoms with Crippen LogP contribution in [0.15, 0.2) is 24.5 Å². The van der Waals surface area contributed by atoms with Gasteiger partial charge < -0.3 is 5.32 Å². The zero-order chi connectivity index (χ0) is 11.4. The van der Waals surface area contributed by atoms with Crippen molar-refractivity contribution in [1.82, 2.24) is 9.97 Å². The SMILES string of the molecule is CNc1nc(CCc2cccnc2)c(C)s1. The molecule has 0 saturated carbocycles. The number of nitrogens with one attached hydrogen (secondary N) is 1. The van der Waals surface area contributed by atoms with E-state index >= 15 is 0 Å². The van der Waals surface area contributed by atoms with E-state index in [4.69, 9.17) is 0 Å². The van der Waals surface area contributed by atoms with Gasteiger partial charge in [-0.05, 0) is 31.4 Å². The van der Waals surface area contributed by atoms with Crippen molar-refractivity contribution in [3.8, 4) is 0 Å². The second-order valence-electron chi connectivity index (χ2n) is 3.63. The Kier molecular flexibility index (Phi) is 3.51. The van der Waals surface area contributed by atoms with Gasteiger partial charge in [-0.15, -0.1) is 11.3 Å². The third-order valence-electron chi connectivity index (χ3n) is 2.48. The number of anilines is 1. The van der Waals surface area contributed by atoms with Gasteiger partial charge in [-0.3, -0.25) is 4.98 Å². The number of pyridine rings is 1. The molecule has 2 aromatic heterocycles. The standard InChI is InChI=1S/C12H15N3S/c1-9-11(15-12(13-2)16-9)6-5-10-4-3-7-14-8-10/h3-4,7-8H,5-6H2,1-2H3,(H,13,15). The molecule has 0 saturated heterocycles. The largest absolute Gasteiger partial charge is 0.365 e. The van der Waals surface area contributed by atoms with Crippen molar-refractivity contribution in [2.45, 2.75) is 19.8 Å². The first kappa shape index (κ1) is 11.1. The Balaban J connectivity index is 2.02. The number of nitrogens with zero attached hydrogens (tertiary/aromatic N) is 2. The molecule has 0 atom stereocenters. The second kappa shape index (κ2) is 5.07. The van der Waals surface area contributed by atoms with E-state index in [1.807, 2.05) is 19.3 Å². The minimum atomic E-state index is 0.982. The average Bonchev–Trinajstić information content (AvgIpc) is 2.69. The highest BCUT2D eigenvalue weighted by molar-refractivity contribution is 7.15. The molecule has 0 amide bonds. The lowest BCUT2D eigenvalue weighted by molar-refractivity contribution is 0.910. The maximum absolute atomic E-state index is 4.53. The summed E-state index contributed by atoms with van der Waals surface area (Å²) in [6.45, 7) is 2.12. The number of hydrogen-bond acceptors (Lipinski definition) is 4. The molecule has 1 N–H and O–H groups in total. The molecule has 2 aromatic rings. The Labute approximate surface area is 99.6 Å². The van der Waals surface area contributed by atoms with E-state index in [0.717, 1.165) is 18.0 Å². The summed E-state index contributed by atoms with van der Waals surface area (Å²) in [6, 6.07) is 4.08. The molecule has 0 spiro atoms. The van der Waals surface area contributed by atoms with Gasteiger partial charge in [-0.1, -0.05) is 6.07 Å². The highest BCUT2D eigenvalue weighted by Crippen LogP contribution is 2.22. The van der Waals surface area contributed by atoms with Gasteiger partial charge in [0.2, 0.25) is 0 Å². The van der Waals surface area contributed by atoms with Crippen molar-refractivity contribution in [3.63, 3.8) is 0 Å². The summed E-state index contributed by atoms with van der Waals surface area (Å²) in [5, 5.41) is 4.08. The summed E-state index contributed by atoms with van der Waals surface area (Å²) in [6.07, 6.45) is 5.70. The van der Waals surface area contributed by atoms with Crippen molar-refractivity contribution in [3.05, 3.63) is 40.7 Å². The third kappa shape index (κ3) is 2.58. The van der Waals surface area contributed by atoms with Crippen LogP contribution < -0.4 is 5.32 Å². The van der Waals surface area contributed by atoms with Crippen LogP contribution in [-0.4, -0.2) is 17.0 Å². The molecule has 0 radical (unpaired) electrons. The fraction of sp³-hybridized carbons (Fsp3) is 0.333. The van der Waals surface area contributed by atoms with Crippen LogP contribution in [0.3, 0.4) is 0 Å². The summed E-state index contributed by atoms with van der Waals surface area (Å²) in [5.41, 5.74) is 2.46. The van der Waals surface area contributed by atoms with E-state index in [9.17, 15) is 0 Å². The number of aromatic nitrogens is 2. The van der Waals surface area contributed by atoms with Gasteiger partial charge in [0, 0.05) is 24.3 Å². The van der Waals surface area contributed by atoms with Crippen molar-refractivity contribution >= 4 is 16.5 Å². The van der Waals surface area contributed by atoms with Crippen LogP contribution in [0.1, 0.15) is 16.1 Å². The zero-order valence-corrected chi connectivity index (χ0v) is 10.3. The fourth-order valence-electron chi connectivity index (χ4n) is 1.58. The van der Waals surface area contributed by atoms with E-state index in [-0.39, 0.29) is 0 Å². The van der Waals surface area contributed by atoms with Gasteiger partial charge in [-0.2, -0.15) is 0 Å². The highest BCUT2D eigenvalue weighted by Gasteiger charge is 2.06. The molecule has 16 heavy (non-hydrogen) atoms. The predicted molar refractivity (Wildman–Crippen MR) is 68.0 cm³/mol. The topological polar surface area (TPSA) is 37.8 Å². The lowest BCUT2D eigenvalue weighted by Crippen LogP contribution is -1.94. The zero-order valence-electron chi connectivity index (χ0n) is 9.53. The number of thiazole rings is 1. The summed E-state index contributed by atoms with van der Waals surface area (Å²) in [4.78, 5) is 9.94. The van der Waals surface area contributed by atoms with E-state index in [0.29, 0.717) is 0 Å². The van der Waals surface area contributed by atoms with Crippen LogP contribution >= 0.6 is 11.3 Å². The van der Waals surface area contributed by atoms with E-state index in [1.165, 1.54) is 16.1 Å². The van der Waals surface area contributed by atoms with Crippen LogP contribution in [0, 0.1) is 6.92 Å². The minimum absolute atomic E-state index is 0.982. The van der Waals surface area contributed by atoms with E-state index in [2.05, 4.69) is 28.3 Å². The van der Waals surface area contributed by atoms with Crippen LogP contribution in [0.5, 0.6) is 0 Å². The Morgan fingerprint density at radius 1 is 1.38 bits per heavy atom. The summed E-state index contributed by atoms with van der Waals surface area (Å²) >= 11 is 1.71. The number of hydrogen-bond donors (Lipinski definition) is 1. The van der Waals surface area contributed by atoms with Crippen molar-refractivity contribution < 1.29 is 0 Å². The van der Waals surface area contributed by atoms with Crippen molar-refractivity contribution in [1.29, 1.82) is 0 Å². The fourth-order valence-corrected chi connectivity index (χ4v) is 2.39. The molecule has 0 aliphatic rings. The first-order chi connectivity index (χ1) is 7.79. The van der Waals surface area contributed by atoms with E-state index < -0.39 is 0 Å². The summed E-state index contributed by atoms with van der Waals surface area (Å²) in [7, 11) is 1.91. The van der Waals surface area contributed by atoms with Gasteiger partial charge in [0.15, 0.2) is 5.13 Å². The number of rotatable bonds is 4. The van der Waals surface area contributed by atoms with Gasteiger partial charge in [0.25, 0.3) is 0 Å². The molecule has 0 unspecified atom stereocenters. The quantitative estimate of drug-likeness (QED) is 0.882. The first-order valence-electron chi connectivity index (χ1n) is 5.32. The molecule has 0 aromatic carbocycles. The maximum Gasteiger partial charge on any atom is 0.182 e. The molecule has 4 heteroatoms. The predicted octanol–water partition coefficient (Wildman–Crippen LogP) is 2.67. The van der Waals surface area contributed by atoms with Gasteiger partial charge in [-0.25, -0.2) is 4.98 Å². The number of aryl methyl sites for hydroxylation is 3. The van der Waals surface area contributed by atoms with Crippen LogP contribution in [0.4, 0.5) is 5.13 Å². The summed E-state index contributed by atoms with van der Waals surface area (Å²) < 4.78 is 0. The summed E-state index contributed by atoms with van der Waals surface area (Å²) in [5.74, 6) is 0.